The molecule has 0 aromatic carbocycles. The zero-order valence-electron chi connectivity index (χ0n) is 15.2. The first-order chi connectivity index (χ1) is 10.5. The maximum atomic E-state index is 7.04. The maximum absolute atomic E-state index is 7.04. The smallest absolute Gasteiger partial charge is 0.322 e. The lowest BCUT2D eigenvalue weighted by molar-refractivity contribution is 0.213. The van der Waals surface area contributed by atoms with Crippen LogP contribution in [-0.2, 0) is 9.05 Å². The van der Waals surface area contributed by atoms with Crippen molar-refractivity contribution in [2.24, 2.45) is 4.99 Å². The minimum Gasteiger partial charge on any atom is -0.425 e. The summed E-state index contributed by atoms with van der Waals surface area (Å²) >= 11 is 1.17. The molecule has 0 saturated heterocycles. The summed E-state index contributed by atoms with van der Waals surface area (Å²) in [6.45, 7) is 12.1. The van der Waals surface area contributed by atoms with Crippen molar-refractivity contribution in [3.05, 3.63) is 0 Å². The van der Waals surface area contributed by atoms with E-state index in [2.05, 4.69) is 37.4 Å². The highest BCUT2D eigenvalue weighted by molar-refractivity contribution is 7.80. The molecule has 0 aliphatic carbocycles. The Morgan fingerprint density at radius 2 is 1.86 bits per heavy atom. The molecular weight excluding hydrogens is 303 g/mol. The van der Waals surface area contributed by atoms with Crippen LogP contribution in [0.4, 0.5) is 0 Å². The van der Waals surface area contributed by atoms with Crippen LogP contribution in [0.1, 0.15) is 60.3 Å². The van der Waals surface area contributed by atoms with Gasteiger partial charge in [-0.1, -0.05) is 12.8 Å². The Kier molecular flexibility index (Phi) is 12.6. The monoisotopic (exact) mass is 338 g/mol. The third-order valence-corrected chi connectivity index (χ3v) is 5.15. The Morgan fingerprint density at radius 1 is 1.19 bits per heavy atom. The van der Waals surface area contributed by atoms with E-state index in [0.29, 0.717) is 12.1 Å². The van der Waals surface area contributed by atoms with E-state index in [1.54, 1.807) is 0 Å². The van der Waals surface area contributed by atoms with Gasteiger partial charge in [-0.05, 0) is 53.2 Å². The zero-order chi connectivity index (χ0) is 16.8. The van der Waals surface area contributed by atoms with E-state index in [9.17, 15) is 0 Å². The van der Waals surface area contributed by atoms with Gasteiger partial charge in [-0.25, -0.2) is 4.67 Å². The fourth-order valence-electron chi connectivity index (χ4n) is 1.97. The molecule has 0 aliphatic heterocycles. The minimum absolute atomic E-state index is 0.371. The quantitative estimate of drug-likeness (QED) is 0.161. The number of thiol groups is 1. The second kappa shape index (κ2) is 13.8. The lowest BCUT2D eigenvalue weighted by Gasteiger charge is -2.34. The van der Waals surface area contributed by atoms with E-state index in [1.807, 2.05) is 6.92 Å². The molecule has 0 amide bonds. The van der Waals surface area contributed by atoms with Crippen molar-refractivity contribution in [1.82, 2.24) is 4.67 Å². The predicted molar refractivity (Wildman–Crippen MR) is 97.4 cm³/mol. The fraction of sp³-hybridized carbons (Fsp3) is 0.933. The fourth-order valence-corrected chi connectivity index (χ4v) is 3.67. The van der Waals surface area contributed by atoms with E-state index in [4.69, 9.17) is 10.2 Å². The molecule has 0 aromatic rings. The Labute approximate surface area is 139 Å². The van der Waals surface area contributed by atoms with Gasteiger partial charge in [0.05, 0.1) is 6.61 Å². The van der Waals surface area contributed by atoms with Crippen molar-refractivity contribution in [3.63, 3.8) is 0 Å². The summed E-state index contributed by atoms with van der Waals surface area (Å²) in [7, 11) is -1.09. The molecule has 6 heteroatoms. The molecule has 0 radical (unpaired) electrons. The van der Waals surface area contributed by atoms with Gasteiger partial charge in [0.2, 0.25) is 0 Å². The Morgan fingerprint density at radius 3 is 2.43 bits per heavy atom. The molecule has 126 valence electrons. The molecule has 0 aromatic heterocycles. The van der Waals surface area contributed by atoms with Crippen LogP contribution in [0.5, 0.6) is 0 Å². The number of unbranched alkanes of at least 4 members (excludes halogenated alkanes) is 3. The highest BCUT2D eigenvalue weighted by Gasteiger charge is 2.27. The van der Waals surface area contributed by atoms with Crippen molar-refractivity contribution in [2.45, 2.75) is 72.4 Å². The molecule has 0 fully saturated rings. The van der Waals surface area contributed by atoms with Crippen molar-refractivity contribution in [1.29, 1.82) is 1.12 Å². The second-order valence-corrected chi connectivity index (χ2v) is 7.28. The molecule has 0 bridgehead atoms. The Hall–Kier alpha value is 0.170. The molecule has 0 saturated carbocycles. The summed E-state index contributed by atoms with van der Waals surface area (Å²) in [5.74, 6) is 0.929. The molecule has 0 aliphatic rings. The first-order valence-electron chi connectivity index (χ1n) is 8.39. The zero-order valence-corrected chi connectivity index (χ0v) is 16.0. The summed E-state index contributed by atoms with van der Waals surface area (Å²) < 4.78 is 21.1. The average Bonchev–Trinajstić information content (AvgIpc) is 2.45. The van der Waals surface area contributed by atoms with Gasteiger partial charge < -0.3 is 9.05 Å². The number of hydrogen-bond acceptors (Lipinski definition) is 5. The van der Waals surface area contributed by atoms with Crippen molar-refractivity contribution in [2.75, 3.05) is 18.9 Å². The molecule has 1 atom stereocenters. The van der Waals surface area contributed by atoms with Crippen LogP contribution in [0.15, 0.2) is 4.99 Å². The van der Waals surface area contributed by atoms with Crippen molar-refractivity contribution < 1.29 is 9.05 Å². The number of aliphatic imine (C=N–C) groups is 1. The summed E-state index contributed by atoms with van der Waals surface area (Å²) in [6.07, 6.45) is 6.01. The summed E-state index contributed by atoms with van der Waals surface area (Å²) in [4.78, 5) is 4.13. The predicted octanol–water partition coefficient (Wildman–Crippen LogP) is 4.90. The summed E-state index contributed by atoms with van der Waals surface area (Å²) in [6, 6.07) is 0.741. The minimum atomic E-state index is -1.09. The topological polar surface area (TPSA) is 34.1 Å². The molecule has 0 heterocycles. The largest absolute Gasteiger partial charge is 0.425 e. The SMILES string of the molecule is [3H]SCCCCCCOP(OC=NCC)N(C(C)C)C(C)C. The van der Waals surface area contributed by atoms with E-state index in [0.717, 1.165) is 38.2 Å². The van der Waals surface area contributed by atoms with E-state index in [-0.39, 0.29) is 0 Å². The van der Waals surface area contributed by atoms with Crippen LogP contribution < -0.4 is 0 Å². The highest BCUT2D eigenvalue weighted by Crippen LogP contribution is 2.45. The normalized spacial score (nSPS) is 14.4. The van der Waals surface area contributed by atoms with Crippen molar-refractivity contribution in [3.8, 4) is 0 Å². The molecule has 0 rings (SSSR count). The average molecular weight is 338 g/mol. The Balaban J connectivity index is 4.26. The van der Waals surface area contributed by atoms with Crippen LogP contribution in [-0.4, -0.2) is 43.2 Å². The van der Waals surface area contributed by atoms with Crippen molar-refractivity contribution >= 4 is 27.5 Å². The third kappa shape index (κ3) is 10.5. The lowest BCUT2D eigenvalue weighted by Crippen LogP contribution is -2.33. The number of rotatable bonds is 14. The molecule has 21 heavy (non-hydrogen) atoms. The standard InChI is InChI=1S/C15H33N2O2PS/c1-6-16-13-19-20(17(14(2)3)15(4)5)18-11-9-7-8-10-12-21/h13-15,21H,6-12H2,1-5H3/i/hT. The highest BCUT2D eigenvalue weighted by atomic mass is 32.1. The van der Waals surface area contributed by atoms with Crippen LogP contribution in [0.2, 0.25) is 0 Å². The van der Waals surface area contributed by atoms with E-state index < -0.39 is 8.53 Å². The number of nitrogens with zero attached hydrogens (tertiary/aromatic N) is 2. The first-order valence-corrected chi connectivity index (χ1v) is 9.69. The van der Waals surface area contributed by atoms with Crippen LogP contribution in [0.3, 0.4) is 0 Å². The molecule has 0 N–H and O–H groups in total. The first kappa shape index (κ1) is 19.2. The lowest BCUT2D eigenvalue weighted by atomic mass is 10.2. The van der Waals surface area contributed by atoms with Gasteiger partial charge >= 0.3 is 8.53 Å². The molecular formula is C15H33N2O2PS. The van der Waals surface area contributed by atoms with Gasteiger partial charge in [-0.3, -0.25) is 4.99 Å². The van der Waals surface area contributed by atoms with Gasteiger partial charge in [0.15, 0.2) is 6.40 Å². The molecule has 0 spiro atoms. The maximum Gasteiger partial charge on any atom is 0.322 e. The van der Waals surface area contributed by atoms with E-state index >= 15 is 0 Å². The van der Waals surface area contributed by atoms with Gasteiger partial charge in [0.25, 0.3) is 0 Å². The van der Waals surface area contributed by atoms with Crippen LogP contribution >= 0.6 is 21.1 Å². The van der Waals surface area contributed by atoms with Crippen LogP contribution in [0.25, 0.3) is 0 Å². The van der Waals surface area contributed by atoms with Gasteiger partial charge in [-0.15, -0.1) is 0 Å². The Bertz CT molecular complexity index is 276. The van der Waals surface area contributed by atoms with Gasteiger partial charge in [0, 0.05) is 18.6 Å². The van der Waals surface area contributed by atoms with Crippen LogP contribution in [0, 0.1) is 0 Å². The second-order valence-electron chi connectivity index (χ2n) is 5.47. The third-order valence-electron chi connectivity index (χ3n) is 2.88. The van der Waals surface area contributed by atoms with E-state index in [1.165, 1.54) is 25.4 Å². The summed E-state index contributed by atoms with van der Waals surface area (Å²) in [5.41, 5.74) is 0. The summed E-state index contributed by atoms with van der Waals surface area (Å²) in [5, 5.41) is 0. The molecule has 1 unspecified atom stereocenters. The van der Waals surface area contributed by atoms with Gasteiger partial charge in [0.1, 0.15) is 1.12 Å². The molecule has 4 nitrogen and oxygen atoms in total. The van der Waals surface area contributed by atoms with Gasteiger partial charge in [-0.2, -0.15) is 12.5 Å². The number of hydrogen-bond donors (Lipinski definition) is 1.